The molecule has 2 aromatic rings. The topological polar surface area (TPSA) is 83.1 Å². The highest BCUT2D eigenvalue weighted by atomic mass is 19.3. The van der Waals surface area contributed by atoms with E-state index in [9.17, 15) is 13.6 Å². The van der Waals surface area contributed by atoms with Crippen LogP contribution in [-0.4, -0.2) is 45.9 Å². The lowest BCUT2D eigenvalue weighted by Gasteiger charge is -2.34. The Morgan fingerprint density at radius 3 is 2.88 bits per heavy atom. The van der Waals surface area contributed by atoms with Crippen molar-refractivity contribution in [1.29, 1.82) is 0 Å². The summed E-state index contributed by atoms with van der Waals surface area (Å²) in [6, 6.07) is 5.28. The molecule has 1 unspecified atom stereocenters. The summed E-state index contributed by atoms with van der Waals surface area (Å²) >= 11 is 0. The summed E-state index contributed by atoms with van der Waals surface area (Å²) in [7, 11) is 0. The first kappa shape index (κ1) is 16.3. The third kappa shape index (κ3) is 3.67. The van der Waals surface area contributed by atoms with Crippen molar-refractivity contribution in [2.75, 3.05) is 19.8 Å². The quantitative estimate of drug-likeness (QED) is 0.894. The van der Waals surface area contributed by atoms with Crippen LogP contribution in [0.2, 0.25) is 0 Å². The van der Waals surface area contributed by atoms with Crippen molar-refractivity contribution in [3.63, 3.8) is 0 Å². The van der Waals surface area contributed by atoms with Gasteiger partial charge in [-0.2, -0.15) is 5.10 Å². The number of hydrogen-bond acceptors (Lipinski definition) is 4. The van der Waals surface area contributed by atoms with Crippen LogP contribution >= 0.6 is 0 Å². The van der Waals surface area contributed by atoms with E-state index in [0.717, 1.165) is 5.56 Å². The summed E-state index contributed by atoms with van der Waals surface area (Å²) in [4.78, 5) is 18.1. The average Bonchev–Trinajstić information content (AvgIpc) is 3.14. The van der Waals surface area contributed by atoms with Gasteiger partial charge in [0.2, 0.25) is 0 Å². The standard InChI is InChI=1S/C15H17F2N5O2/c16-13(17)11-3-1-10(2-4-11)7-18-15(23)22-5-6-24-8-12(22)14-19-9-20-21-14/h1-4,9,12-13H,5-8H2,(H,18,23)(H,19,20,21). The van der Waals surface area contributed by atoms with Crippen molar-refractivity contribution in [3.8, 4) is 0 Å². The van der Waals surface area contributed by atoms with Crippen LogP contribution in [0.5, 0.6) is 0 Å². The molecule has 1 aliphatic rings. The molecule has 0 saturated carbocycles. The Morgan fingerprint density at radius 2 is 2.21 bits per heavy atom. The van der Waals surface area contributed by atoms with E-state index in [1.54, 1.807) is 17.0 Å². The Labute approximate surface area is 137 Å². The van der Waals surface area contributed by atoms with Gasteiger partial charge >= 0.3 is 6.03 Å². The van der Waals surface area contributed by atoms with E-state index >= 15 is 0 Å². The van der Waals surface area contributed by atoms with Gasteiger partial charge in [0.15, 0.2) is 0 Å². The Kier molecular flexibility index (Phi) is 4.99. The Balaban J connectivity index is 1.61. The molecule has 1 aliphatic heterocycles. The summed E-state index contributed by atoms with van der Waals surface area (Å²) in [5, 5.41) is 9.34. The molecule has 24 heavy (non-hydrogen) atoms. The van der Waals surface area contributed by atoms with Crippen molar-refractivity contribution in [1.82, 2.24) is 25.4 Å². The second-order valence-corrected chi connectivity index (χ2v) is 5.36. The fourth-order valence-corrected chi connectivity index (χ4v) is 2.51. The number of hydrogen-bond donors (Lipinski definition) is 2. The molecule has 2 heterocycles. The highest BCUT2D eigenvalue weighted by molar-refractivity contribution is 5.74. The highest BCUT2D eigenvalue weighted by Crippen LogP contribution is 2.21. The Morgan fingerprint density at radius 1 is 1.42 bits per heavy atom. The van der Waals surface area contributed by atoms with Crippen LogP contribution in [0, 0.1) is 0 Å². The fraction of sp³-hybridized carbons (Fsp3) is 0.400. The number of urea groups is 1. The van der Waals surface area contributed by atoms with Crippen molar-refractivity contribution < 1.29 is 18.3 Å². The molecule has 2 amide bonds. The number of nitrogens with zero attached hydrogens (tertiary/aromatic N) is 3. The molecule has 0 radical (unpaired) electrons. The van der Waals surface area contributed by atoms with Gasteiger partial charge in [-0.25, -0.2) is 18.6 Å². The molecule has 3 rings (SSSR count). The number of aromatic nitrogens is 3. The summed E-state index contributed by atoms with van der Waals surface area (Å²) < 4.78 is 30.5. The van der Waals surface area contributed by atoms with E-state index in [2.05, 4.69) is 20.5 Å². The van der Waals surface area contributed by atoms with E-state index in [-0.39, 0.29) is 24.2 Å². The van der Waals surface area contributed by atoms with Crippen molar-refractivity contribution in [2.45, 2.75) is 19.0 Å². The number of benzene rings is 1. The molecule has 1 fully saturated rings. The number of halogens is 2. The van der Waals surface area contributed by atoms with Gasteiger partial charge in [0, 0.05) is 18.7 Å². The van der Waals surface area contributed by atoms with Gasteiger partial charge < -0.3 is 15.0 Å². The lowest BCUT2D eigenvalue weighted by molar-refractivity contribution is 0.00865. The zero-order valence-corrected chi connectivity index (χ0v) is 12.8. The predicted octanol–water partition coefficient (Wildman–Crippen LogP) is 2.03. The first-order valence-electron chi connectivity index (χ1n) is 7.49. The van der Waals surface area contributed by atoms with Gasteiger partial charge in [-0.3, -0.25) is 5.10 Å². The third-order valence-corrected chi connectivity index (χ3v) is 3.81. The molecule has 9 heteroatoms. The maximum atomic E-state index is 12.5. The lowest BCUT2D eigenvalue weighted by Crippen LogP contribution is -2.48. The number of carbonyl (C=O) groups excluding carboxylic acids is 1. The number of amides is 2. The number of aromatic amines is 1. The number of ether oxygens (including phenoxy) is 1. The molecule has 0 spiro atoms. The molecule has 2 N–H and O–H groups in total. The molecule has 1 aromatic heterocycles. The zero-order valence-electron chi connectivity index (χ0n) is 12.8. The van der Waals surface area contributed by atoms with E-state index in [1.165, 1.54) is 18.5 Å². The number of H-pyrrole nitrogens is 1. The summed E-state index contributed by atoms with van der Waals surface area (Å²) in [6.45, 7) is 1.47. The van der Waals surface area contributed by atoms with E-state index in [1.807, 2.05) is 0 Å². The van der Waals surface area contributed by atoms with Crippen molar-refractivity contribution in [3.05, 3.63) is 47.5 Å². The first-order chi connectivity index (χ1) is 11.6. The Hall–Kier alpha value is -2.55. The van der Waals surface area contributed by atoms with Crippen LogP contribution in [0.3, 0.4) is 0 Å². The third-order valence-electron chi connectivity index (χ3n) is 3.81. The minimum atomic E-state index is -2.50. The van der Waals surface area contributed by atoms with Gasteiger partial charge in [0.05, 0.1) is 13.2 Å². The van der Waals surface area contributed by atoms with E-state index in [0.29, 0.717) is 25.6 Å². The number of rotatable bonds is 4. The average molecular weight is 337 g/mol. The number of nitrogens with one attached hydrogen (secondary N) is 2. The van der Waals surface area contributed by atoms with Gasteiger partial charge in [-0.05, 0) is 5.56 Å². The van der Waals surface area contributed by atoms with E-state index in [4.69, 9.17) is 4.74 Å². The molecule has 1 aromatic carbocycles. The van der Waals surface area contributed by atoms with E-state index < -0.39 is 6.43 Å². The molecule has 128 valence electrons. The first-order valence-corrected chi connectivity index (χ1v) is 7.49. The number of alkyl halides is 2. The molecule has 0 bridgehead atoms. The molecule has 1 saturated heterocycles. The highest BCUT2D eigenvalue weighted by Gasteiger charge is 2.30. The summed E-state index contributed by atoms with van der Waals surface area (Å²) in [6.07, 6.45) is -1.12. The van der Waals surface area contributed by atoms with Gasteiger partial charge in [0.1, 0.15) is 18.2 Å². The maximum absolute atomic E-state index is 12.5. The number of morpholine rings is 1. The van der Waals surface area contributed by atoms with Crippen LogP contribution in [0.4, 0.5) is 13.6 Å². The zero-order chi connectivity index (χ0) is 16.9. The maximum Gasteiger partial charge on any atom is 0.318 e. The largest absolute Gasteiger partial charge is 0.377 e. The second kappa shape index (κ2) is 7.35. The van der Waals surface area contributed by atoms with Gasteiger partial charge in [-0.1, -0.05) is 24.3 Å². The van der Waals surface area contributed by atoms with Crippen LogP contribution in [0.1, 0.15) is 29.4 Å². The summed E-state index contributed by atoms with van der Waals surface area (Å²) in [5.74, 6) is 0.561. The second-order valence-electron chi connectivity index (χ2n) is 5.36. The van der Waals surface area contributed by atoms with Crippen LogP contribution in [-0.2, 0) is 11.3 Å². The van der Waals surface area contributed by atoms with Gasteiger partial charge in [0.25, 0.3) is 6.43 Å². The monoisotopic (exact) mass is 337 g/mol. The smallest absolute Gasteiger partial charge is 0.318 e. The molecular weight excluding hydrogens is 320 g/mol. The van der Waals surface area contributed by atoms with Crippen LogP contribution < -0.4 is 5.32 Å². The molecular formula is C15H17F2N5O2. The Bertz CT molecular complexity index is 663. The minimum Gasteiger partial charge on any atom is -0.377 e. The predicted molar refractivity (Wildman–Crippen MR) is 80.3 cm³/mol. The SMILES string of the molecule is O=C(NCc1ccc(C(F)F)cc1)N1CCOCC1c1ncn[nH]1. The minimum absolute atomic E-state index is 0.0383. The van der Waals surface area contributed by atoms with Crippen molar-refractivity contribution in [2.24, 2.45) is 0 Å². The molecule has 0 aliphatic carbocycles. The van der Waals surface area contributed by atoms with Gasteiger partial charge in [-0.15, -0.1) is 0 Å². The van der Waals surface area contributed by atoms with Crippen LogP contribution in [0.25, 0.3) is 0 Å². The fourth-order valence-electron chi connectivity index (χ4n) is 2.51. The van der Waals surface area contributed by atoms with Crippen molar-refractivity contribution >= 4 is 6.03 Å². The molecule has 7 nitrogen and oxygen atoms in total. The lowest BCUT2D eigenvalue weighted by atomic mass is 10.1. The number of carbonyl (C=O) groups is 1. The van der Waals surface area contributed by atoms with Crippen LogP contribution in [0.15, 0.2) is 30.6 Å². The summed E-state index contributed by atoms with van der Waals surface area (Å²) in [5.41, 5.74) is 0.709. The normalized spacial score (nSPS) is 18.0. The molecule has 1 atom stereocenters.